The van der Waals surface area contributed by atoms with Gasteiger partial charge in [-0.2, -0.15) is 0 Å². The molecule has 4 heteroatoms. The van der Waals surface area contributed by atoms with Crippen molar-refractivity contribution in [2.24, 2.45) is 0 Å². The van der Waals surface area contributed by atoms with Gasteiger partial charge in [0.25, 0.3) is 0 Å². The lowest BCUT2D eigenvalue weighted by Gasteiger charge is -2.08. The fraction of sp³-hybridized carbons (Fsp3) is 0.133. The van der Waals surface area contributed by atoms with Crippen LogP contribution in [0.15, 0.2) is 46.9 Å². The van der Waals surface area contributed by atoms with Gasteiger partial charge in [0, 0.05) is 15.7 Å². The molecule has 0 aliphatic heterocycles. The molecule has 2 N–H and O–H groups in total. The molecule has 0 aliphatic carbocycles. The van der Waals surface area contributed by atoms with Gasteiger partial charge in [-0.1, -0.05) is 34.1 Å². The van der Waals surface area contributed by atoms with Crippen molar-refractivity contribution in [3.05, 3.63) is 63.6 Å². The number of rotatable bonds is 3. The zero-order chi connectivity index (χ0) is 13.8. The highest BCUT2D eigenvalue weighted by molar-refractivity contribution is 9.10. The summed E-state index contributed by atoms with van der Waals surface area (Å²) >= 11 is 3.42. The van der Waals surface area contributed by atoms with Crippen LogP contribution in [0.1, 0.15) is 21.5 Å². The molecule has 0 aliphatic rings. The maximum atomic E-state index is 11.9. The van der Waals surface area contributed by atoms with Crippen LogP contribution in [-0.4, -0.2) is 5.97 Å². The van der Waals surface area contributed by atoms with Crippen LogP contribution >= 0.6 is 15.9 Å². The van der Waals surface area contributed by atoms with Crippen molar-refractivity contribution in [2.75, 3.05) is 5.73 Å². The fourth-order valence-electron chi connectivity index (χ4n) is 1.64. The molecule has 2 rings (SSSR count). The molecule has 0 aromatic heterocycles. The zero-order valence-corrected chi connectivity index (χ0v) is 12.1. The molecule has 2 aromatic carbocycles. The van der Waals surface area contributed by atoms with Crippen molar-refractivity contribution in [2.45, 2.75) is 13.5 Å². The van der Waals surface area contributed by atoms with Crippen molar-refractivity contribution < 1.29 is 9.53 Å². The van der Waals surface area contributed by atoms with E-state index in [0.29, 0.717) is 11.3 Å². The van der Waals surface area contributed by atoms with E-state index in [9.17, 15) is 4.79 Å². The summed E-state index contributed by atoms with van der Waals surface area (Å²) in [7, 11) is 0. The first kappa shape index (κ1) is 13.6. The third kappa shape index (κ3) is 3.35. The van der Waals surface area contributed by atoms with Crippen molar-refractivity contribution in [1.82, 2.24) is 0 Å². The van der Waals surface area contributed by atoms with E-state index < -0.39 is 0 Å². The number of halogens is 1. The Morgan fingerprint density at radius 1 is 1.26 bits per heavy atom. The molecule has 0 amide bonds. The largest absolute Gasteiger partial charge is 0.457 e. The minimum absolute atomic E-state index is 0.240. The quantitative estimate of drug-likeness (QED) is 0.693. The first-order valence-electron chi connectivity index (χ1n) is 5.84. The third-order valence-corrected chi connectivity index (χ3v) is 3.60. The summed E-state index contributed by atoms with van der Waals surface area (Å²) in [6.45, 7) is 2.10. The number of hydrogen-bond acceptors (Lipinski definition) is 3. The standard InChI is InChI=1S/C15H14BrNO2/c1-10-8-11(6-7-14(10)17)15(18)19-9-12-4-2-3-5-13(12)16/h2-8H,9,17H2,1H3. The topological polar surface area (TPSA) is 52.3 Å². The molecule has 0 unspecified atom stereocenters. The van der Waals surface area contributed by atoms with Crippen LogP contribution in [-0.2, 0) is 11.3 Å². The number of esters is 1. The molecule has 2 aromatic rings. The number of anilines is 1. The number of carbonyl (C=O) groups excluding carboxylic acids is 1. The zero-order valence-electron chi connectivity index (χ0n) is 10.5. The van der Waals surface area contributed by atoms with E-state index in [4.69, 9.17) is 10.5 Å². The Morgan fingerprint density at radius 2 is 2.00 bits per heavy atom. The predicted octanol–water partition coefficient (Wildman–Crippen LogP) is 3.70. The normalized spacial score (nSPS) is 10.2. The van der Waals surface area contributed by atoms with Crippen LogP contribution in [0.25, 0.3) is 0 Å². The Bertz CT molecular complexity index is 611. The highest BCUT2D eigenvalue weighted by Crippen LogP contribution is 2.18. The molecule has 0 heterocycles. The first-order valence-corrected chi connectivity index (χ1v) is 6.64. The second-order valence-electron chi connectivity index (χ2n) is 4.24. The number of ether oxygens (including phenoxy) is 1. The lowest BCUT2D eigenvalue weighted by molar-refractivity contribution is 0.0472. The first-order chi connectivity index (χ1) is 9.08. The fourth-order valence-corrected chi connectivity index (χ4v) is 2.04. The molecular formula is C15H14BrNO2. The molecule has 0 radical (unpaired) electrons. The Balaban J connectivity index is 2.05. The van der Waals surface area contributed by atoms with Gasteiger partial charge in [0.15, 0.2) is 0 Å². The second kappa shape index (κ2) is 5.89. The SMILES string of the molecule is Cc1cc(C(=O)OCc2ccccc2Br)ccc1N. The number of benzene rings is 2. The molecule has 3 nitrogen and oxygen atoms in total. The average Bonchev–Trinajstić information content (AvgIpc) is 2.40. The summed E-state index contributed by atoms with van der Waals surface area (Å²) in [6, 6.07) is 12.8. The average molecular weight is 320 g/mol. The van der Waals surface area contributed by atoms with Gasteiger partial charge < -0.3 is 10.5 Å². The van der Waals surface area contributed by atoms with Gasteiger partial charge in [-0.15, -0.1) is 0 Å². The summed E-state index contributed by atoms with van der Waals surface area (Å²) in [5.41, 5.74) is 8.70. The van der Waals surface area contributed by atoms with E-state index in [0.717, 1.165) is 15.6 Å². The van der Waals surface area contributed by atoms with E-state index in [1.807, 2.05) is 31.2 Å². The Labute approximate surface area is 120 Å². The second-order valence-corrected chi connectivity index (χ2v) is 5.09. The van der Waals surface area contributed by atoms with E-state index in [1.165, 1.54) is 0 Å². The number of nitrogens with two attached hydrogens (primary N) is 1. The molecule has 0 atom stereocenters. The maximum Gasteiger partial charge on any atom is 0.338 e. The predicted molar refractivity (Wildman–Crippen MR) is 78.9 cm³/mol. The molecule has 19 heavy (non-hydrogen) atoms. The van der Waals surface area contributed by atoms with E-state index in [2.05, 4.69) is 15.9 Å². The monoisotopic (exact) mass is 319 g/mol. The molecule has 0 fully saturated rings. The highest BCUT2D eigenvalue weighted by atomic mass is 79.9. The third-order valence-electron chi connectivity index (χ3n) is 2.82. The molecule has 0 saturated heterocycles. The molecule has 0 bridgehead atoms. The summed E-state index contributed by atoms with van der Waals surface area (Å²) in [4.78, 5) is 11.9. The number of nitrogen functional groups attached to an aromatic ring is 1. The van der Waals surface area contributed by atoms with E-state index >= 15 is 0 Å². The smallest absolute Gasteiger partial charge is 0.338 e. The minimum Gasteiger partial charge on any atom is -0.457 e. The molecular weight excluding hydrogens is 306 g/mol. The van der Waals surface area contributed by atoms with Gasteiger partial charge >= 0.3 is 5.97 Å². The van der Waals surface area contributed by atoms with Crippen LogP contribution in [0.5, 0.6) is 0 Å². The van der Waals surface area contributed by atoms with Crippen molar-refractivity contribution >= 4 is 27.6 Å². The van der Waals surface area contributed by atoms with Crippen LogP contribution in [0.3, 0.4) is 0 Å². The van der Waals surface area contributed by atoms with Crippen LogP contribution < -0.4 is 5.73 Å². The maximum absolute atomic E-state index is 11.9. The lowest BCUT2D eigenvalue weighted by atomic mass is 10.1. The van der Waals surface area contributed by atoms with E-state index in [1.54, 1.807) is 18.2 Å². The van der Waals surface area contributed by atoms with Crippen molar-refractivity contribution in [1.29, 1.82) is 0 Å². The van der Waals surface area contributed by atoms with Crippen LogP contribution in [0.4, 0.5) is 5.69 Å². The number of hydrogen-bond donors (Lipinski definition) is 1. The Hall–Kier alpha value is -1.81. The summed E-state index contributed by atoms with van der Waals surface area (Å²) < 4.78 is 6.21. The summed E-state index contributed by atoms with van der Waals surface area (Å²) in [5.74, 6) is -0.348. The van der Waals surface area contributed by atoms with Crippen molar-refractivity contribution in [3.63, 3.8) is 0 Å². The summed E-state index contributed by atoms with van der Waals surface area (Å²) in [6.07, 6.45) is 0. The van der Waals surface area contributed by atoms with Gasteiger partial charge in [0.05, 0.1) is 5.56 Å². The highest BCUT2D eigenvalue weighted by Gasteiger charge is 2.09. The lowest BCUT2D eigenvalue weighted by Crippen LogP contribution is -2.06. The van der Waals surface area contributed by atoms with Gasteiger partial charge in [-0.25, -0.2) is 4.79 Å². The van der Waals surface area contributed by atoms with Crippen LogP contribution in [0, 0.1) is 6.92 Å². The molecule has 0 spiro atoms. The van der Waals surface area contributed by atoms with Gasteiger partial charge in [0.2, 0.25) is 0 Å². The number of aryl methyl sites for hydroxylation is 1. The van der Waals surface area contributed by atoms with Gasteiger partial charge in [0.1, 0.15) is 6.61 Å². The van der Waals surface area contributed by atoms with E-state index in [-0.39, 0.29) is 12.6 Å². The Kier molecular flexibility index (Phi) is 4.22. The molecule has 98 valence electrons. The van der Waals surface area contributed by atoms with Crippen LogP contribution in [0.2, 0.25) is 0 Å². The number of carbonyl (C=O) groups is 1. The molecule has 0 saturated carbocycles. The van der Waals surface area contributed by atoms with Crippen molar-refractivity contribution in [3.8, 4) is 0 Å². The Morgan fingerprint density at radius 3 is 2.68 bits per heavy atom. The summed E-state index contributed by atoms with van der Waals surface area (Å²) in [5, 5.41) is 0. The van der Waals surface area contributed by atoms with Gasteiger partial charge in [-0.05, 0) is 36.8 Å². The van der Waals surface area contributed by atoms with Gasteiger partial charge in [-0.3, -0.25) is 0 Å². The minimum atomic E-state index is -0.348.